The van der Waals surface area contributed by atoms with Crippen LogP contribution in [0.3, 0.4) is 0 Å². The molecule has 0 bridgehead atoms. The van der Waals surface area contributed by atoms with Crippen LogP contribution in [0.15, 0.2) is 48.5 Å². The molecule has 8 nitrogen and oxygen atoms in total. The van der Waals surface area contributed by atoms with Gasteiger partial charge in [0.2, 0.25) is 0 Å². The third-order valence-electron chi connectivity index (χ3n) is 5.29. The summed E-state index contributed by atoms with van der Waals surface area (Å²) in [6.45, 7) is 0. The second kappa shape index (κ2) is 7.18. The largest absolute Gasteiger partial charge is 0.505 e. The van der Waals surface area contributed by atoms with Crippen molar-refractivity contribution in [1.82, 2.24) is 0 Å². The minimum atomic E-state index is -1.75. The smallest absolute Gasteiger partial charge is 0.340 e. The normalized spacial score (nSPS) is 13.1. The number of cyclic esters (lactones) is 1. The fraction of sp³-hybridized carbons (Fsp3) is 0.0417. The van der Waals surface area contributed by atoms with Crippen LogP contribution in [0.2, 0.25) is 0 Å². The predicted octanol–water partition coefficient (Wildman–Crippen LogP) is 3.05. The number of nitriles is 4. The molecule has 3 aromatic carbocycles. The molecular formula is C24H10N4O4. The zero-order chi connectivity index (χ0) is 23.0. The molecule has 1 heterocycles. The van der Waals surface area contributed by atoms with E-state index in [1.807, 2.05) is 0 Å². The van der Waals surface area contributed by atoms with Crippen LogP contribution in [-0.2, 0) is 10.3 Å². The highest BCUT2D eigenvalue weighted by atomic mass is 16.6. The first kappa shape index (κ1) is 20.0. The number of aromatic hydroxyl groups is 2. The molecular weight excluding hydrogens is 408 g/mol. The van der Waals surface area contributed by atoms with Crippen LogP contribution in [-0.4, -0.2) is 16.2 Å². The van der Waals surface area contributed by atoms with Gasteiger partial charge in [0.25, 0.3) is 0 Å². The highest BCUT2D eigenvalue weighted by Crippen LogP contribution is 2.49. The average molecular weight is 418 g/mol. The van der Waals surface area contributed by atoms with Crippen LogP contribution in [0.1, 0.15) is 49.3 Å². The lowest BCUT2D eigenvalue weighted by Gasteiger charge is -2.31. The molecule has 0 amide bonds. The Hall–Kier alpha value is -5.31. The van der Waals surface area contributed by atoms with Gasteiger partial charge in [-0.15, -0.1) is 0 Å². The molecule has 0 saturated carbocycles. The fourth-order valence-corrected chi connectivity index (χ4v) is 3.83. The molecule has 1 aliphatic rings. The van der Waals surface area contributed by atoms with Crippen molar-refractivity contribution in [3.63, 3.8) is 0 Å². The zero-order valence-corrected chi connectivity index (χ0v) is 16.1. The summed E-state index contributed by atoms with van der Waals surface area (Å²) in [4.78, 5) is 12.8. The number of phenolic OH excluding ortho intramolecular Hbond substituents is 2. The summed E-state index contributed by atoms with van der Waals surface area (Å²) in [7, 11) is 0. The summed E-state index contributed by atoms with van der Waals surface area (Å²) in [5, 5.41) is 58.2. The van der Waals surface area contributed by atoms with E-state index in [0.717, 1.165) is 0 Å². The third kappa shape index (κ3) is 2.62. The Morgan fingerprint density at radius 1 is 0.719 bits per heavy atom. The molecule has 1 aliphatic heterocycles. The second-order valence-corrected chi connectivity index (χ2v) is 6.90. The number of ether oxygens (including phenoxy) is 1. The molecule has 0 unspecified atom stereocenters. The Labute approximate surface area is 181 Å². The van der Waals surface area contributed by atoms with E-state index in [4.69, 9.17) is 4.74 Å². The van der Waals surface area contributed by atoms with Crippen molar-refractivity contribution in [3.05, 3.63) is 93.0 Å². The lowest BCUT2D eigenvalue weighted by atomic mass is 9.78. The van der Waals surface area contributed by atoms with Gasteiger partial charge in [0.1, 0.15) is 24.3 Å². The lowest BCUT2D eigenvalue weighted by molar-refractivity contribution is 0.0251. The van der Waals surface area contributed by atoms with E-state index >= 15 is 0 Å². The third-order valence-corrected chi connectivity index (χ3v) is 5.29. The molecule has 3 aromatic rings. The number of rotatable bonds is 2. The molecule has 0 aliphatic carbocycles. The Balaban J connectivity index is 2.19. The molecule has 0 fully saturated rings. The van der Waals surface area contributed by atoms with Crippen molar-refractivity contribution in [2.75, 3.05) is 0 Å². The van der Waals surface area contributed by atoms with E-state index in [1.165, 1.54) is 30.3 Å². The number of fused-ring (bicyclic) bond motifs is 1. The van der Waals surface area contributed by atoms with Crippen molar-refractivity contribution >= 4 is 5.97 Å². The first-order chi connectivity index (χ1) is 15.4. The van der Waals surface area contributed by atoms with E-state index in [0.29, 0.717) is 5.56 Å². The maximum absolute atomic E-state index is 12.8. The van der Waals surface area contributed by atoms with E-state index in [-0.39, 0.29) is 38.9 Å². The van der Waals surface area contributed by atoms with Crippen molar-refractivity contribution in [2.45, 2.75) is 5.60 Å². The second-order valence-electron chi connectivity index (χ2n) is 6.90. The molecule has 0 atom stereocenters. The first-order valence-corrected chi connectivity index (χ1v) is 9.09. The number of hydrogen-bond donors (Lipinski definition) is 2. The maximum atomic E-state index is 12.8. The van der Waals surface area contributed by atoms with E-state index in [1.54, 1.807) is 42.5 Å². The number of esters is 1. The van der Waals surface area contributed by atoms with Gasteiger partial charge in [-0.3, -0.25) is 0 Å². The molecule has 4 rings (SSSR count). The van der Waals surface area contributed by atoms with Crippen LogP contribution >= 0.6 is 0 Å². The van der Waals surface area contributed by atoms with Crippen molar-refractivity contribution in [2.24, 2.45) is 0 Å². The van der Waals surface area contributed by atoms with Gasteiger partial charge in [0.15, 0.2) is 17.1 Å². The fourth-order valence-electron chi connectivity index (χ4n) is 3.83. The van der Waals surface area contributed by atoms with Crippen LogP contribution in [0, 0.1) is 45.3 Å². The van der Waals surface area contributed by atoms with Gasteiger partial charge >= 0.3 is 5.97 Å². The first-order valence-electron chi connectivity index (χ1n) is 9.09. The summed E-state index contributed by atoms with van der Waals surface area (Å²) >= 11 is 0. The Morgan fingerprint density at radius 3 is 1.53 bits per heavy atom. The van der Waals surface area contributed by atoms with Crippen LogP contribution < -0.4 is 0 Å². The Morgan fingerprint density at radius 2 is 1.12 bits per heavy atom. The molecule has 0 aromatic heterocycles. The van der Waals surface area contributed by atoms with E-state index < -0.39 is 23.1 Å². The van der Waals surface area contributed by atoms with Gasteiger partial charge < -0.3 is 14.9 Å². The zero-order valence-electron chi connectivity index (χ0n) is 16.1. The quantitative estimate of drug-likeness (QED) is 0.600. The summed E-state index contributed by atoms with van der Waals surface area (Å²) in [6, 6.07) is 18.7. The Kier molecular flexibility index (Phi) is 4.49. The van der Waals surface area contributed by atoms with E-state index in [9.17, 15) is 36.1 Å². The average Bonchev–Trinajstić information content (AvgIpc) is 3.13. The van der Waals surface area contributed by atoms with E-state index in [2.05, 4.69) is 0 Å². The number of nitrogens with zero attached hydrogens (tertiary/aromatic N) is 4. The molecule has 8 heteroatoms. The molecule has 0 radical (unpaired) electrons. The molecule has 32 heavy (non-hydrogen) atoms. The highest BCUT2D eigenvalue weighted by molar-refractivity contribution is 5.96. The van der Waals surface area contributed by atoms with Gasteiger partial charge in [0, 0.05) is 16.7 Å². The predicted molar refractivity (Wildman–Crippen MR) is 107 cm³/mol. The van der Waals surface area contributed by atoms with Gasteiger partial charge in [-0.05, 0) is 30.3 Å². The SMILES string of the molecule is N#Cc1cc(C2(c3cc(C#N)c(O)c(C#N)c3)OC(=O)c3ccccc32)cc(C#N)c1O. The molecule has 2 N–H and O–H groups in total. The maximum Gasteiger partial charge on any atom is 0.340 e. The number of phenols is 2. The van der Waals surface area contributed by atoms with Gasteiger partial charge in [-0.2, -0.15) is 21.0 Å². The van der Waals surface area contributed by atoms with Gasteiger partial charge in [-0.1, -0.05) is 18.2 Å². The summed E-state index contributed by atoms with van der Waals surface area (Å²) in [5.74, 6) is -1.74. The van der Waals surface area contributed by atoms with Gasteiger partial charge in [-0.25, -0.2) is 4.79 Å². The number of benzene rings is 3. The number of hydrogen-bond acceptors (Lipinski definition) is 8. The van der Waals surface area contributed by atoms with Gasteiger partial charge in [0.05, 0.1) is 27.8 Å². The standard InChI is InChI=1S/C24H10N4O4/c25-9-13-5-17(6-14(10-26)21(13)29)24(20-4-2-1-3-19(20)23(31)32-24)18-7-15(11-27)22(30)16(8-18)12-28/h1-8,29-30H. The minimum Gasteiger partial charge on any atom is -0.505 e. The van der Waals surface area contributed by atoms with Crippen molar-refractivity contribution in [1.29, 1.82) is 21.0 Å². The Bertz CT molecular complexity index is 1340. The van der Waals surface area contributed by atoms with Crippen LogP contribution in [0.25, 0.3) is 0 Å². The lowest BCUT2D eigenvalue weighted by Crippen LogP contribution is -2.30. The summed E-state index contributed by atoms with van der Waals surface area (Å²) in [5.41, 5.74) is -1.77. The topological polar surface area (TPSA) is 162 Å². The molecule has 0 saturated heterocycles. The minimum absolute atomic E-state index is 0.153. The molecule has 150 valence electrons. The summed E-state index contributed by atoms with van der Waals surface area (Å²) in [6.07, 6.45) is 0. The number of carbonyl (C=O) groups is 1. The highest BCUT2D eigenvalue weighted by Gasteiger charge is 2.49. The van der Waals surface area contributed by atoms with Crippen LogP contribution in [0.4, 0.5) is 0 Å². The van der Waals surface area contributed by atoms with Crippen LogP contribution in [0.5, 0.6) is 11.5 Å². The summed E-state index contributed by atoms with van der Waals surface area (Å²) < 4.78 is 5.83. The monoisotopic (exact) mass is 418 g/mol. The number of carbonyl (C=O) groups excluding carboxylic acids is 1. The molecule has 0 spiro atoms. The van der Waals surface area contributed by atoms with Crippen molar-refractivity contribution < 1.29 is 19.7 Å². The van der Waals surface area contributed by atoms with Crippen molar-refractivity contribution in [3.8, 4) is 35.8 Å².